The molecule has 0 aromatic heterocycles. The maximum Gasteiger partial charge on any atom is 0.325 e. The zero-order valence-electron chi connectivity index (χ0n) is 9.83. The molecular formula is C13H15F2NO2. The second-order valence-corrected chi connectivity index (χ2v) is 4.59. The van der Waals surface area contributed by atoms with Crippen LogP contribution in [0.2, 0.25) is 0 Å². The van der Waals surface area contributed by atoms with Gasteiger partial charge in [0.25, 0.3) is 0 Å². The molecule has 3 nitrogen and oxygen atoms in total. The summed E-state index contributed by atoms with van der Waals surface area (Å²) in [4.78, 5) is 11.2. The summed E-state index contributed by atoms with van der Waals surface area (Å²) in [5, 5.41) is 12.0. The van der Waals surface area contributed by atoms with E-state index in [1.807, 2.05) is 0 Å². The number of nitrogens with one attached hydrogen (secondary N) is 1. The van der Waals surface area contributed by atoms with E-state index in [0.29, 0.717) is 0 Å². The van der Waals surface area contributed by atoms with Gasteiger partial charge in [0.05, 0.1) is 0 Å². The first-order chi connectivity index (χ1) is 8.58. The van der Waals surface area contributed by atoms with Gasteiger partial charge in [-0.3, -0.25) is 10.1 Å². The van der Waals surface area contributed by atoms with Crippen molar-refractivity contribution in [3.05, 3.63) is 35.4 Å². The van der Waals surface area contributed by atoms with E-state index in [4.69, 9.17) is 5.11 Å². The Morgan fingerprint density at radius 3 is 2.61 bits per heavy atom. The summed E-state index contributed by atoms with van der Waals surface area (Å²) < 4.78 is 26.7. The number of hydrogen-bond acceptors (Lipinski definition) is 2. The van der Waals surface area contributed by atoms with E-state index in [9.17, 15) is 13.6 Å². The third-order valence-corrected chi connectivity index (χ3v) is 3.27. The zero-order valence-corrected chi connectivity index (χ0v) is 9.83. The van der Waals surface area contributed by atoms with E-state index < -0.39 is 23.6 Å². The Bertz CT molecular complexity index is 445. The van der Waals surface area contributed by atoms with Crippen LogP contribution in [0.25, 0.3) is 0 Å². The second kappa shape index (κ2) is 5.44. The number of aliphatic carboxylic acids is 1. The van der Waals surface area contributed by atoms with Crippen molar-refractivity contribution in [2.24, 2.45) is 0 Å². The van der Waals surface area contributed by atoms with Crippen LogP contribution in [0, 0.1) is 11.6 Å². The highest BCUT2D eigenvalue weighted by Crippen LogP contribution is 2.24. The molecule has 1 fully saturated rings. The average Bonchev–Trinajstić information content (AvgIpc) is 2.82. The van der Waals surface area contributed by atoms with Crippen LogP contribution in [0.4, 0.5) is 8.78 Å². The highest BCUT2D eigenvalue weighted by Gasteiger charge is 2.27. The number of halogens is 2. The predicted molar refractivity (Wildman–Crippen MR) is 62.1 cm³/mol. The normalized spacial score (nSPS) is 17.9. The molecule has 1 unspecified atom stereocenters. The van der Waals surface area contributed by atoms with E-state index in [1.54, 1.807) is 0 Å². The number of rotatable bonds is 4. The van der Waals surface area contributed by atoms with E-state index in [0.717, 1.165) is 43.9 Å². The van der Waals surface area contributed by atoms with Crippen LogP contribution in [0.1, 0.15) is 37.3 Å². The quantitative estimate of drug-likeness (QED) is 0.869. The van der Waals surface area contributed by atoms with Crippen LogP contribution < -0.4 is 5.32 Å². The summed E-state index contributed by atoms with van der Waals surface area (Å²) in [6, 6.07) is 1.75. The molecule has 2 N–H and O–H groups in total. The van der Waals surface area contributed by atoms with Crippen molar-refractivity contribution in [3.63, 3.8) is 0 Å². The van der Waals surface area contributed by atoms with Crippen LogP contribution in [-0.2, 0) is 4.79 Å². The molecule has 1 aliphatic rings. The first kappa shape index (κ1) is 13.0. The van der Waals surface area contributed by atoms with Gasteiger partial charge in [0.2, 0.25) is 0 Å². The first-order valence-electron chi connectivity index (χ1n) is 6.01. The smallest absolute Gasteiger partial charge is 0.325 e. The molecule has 0 bridgehead atoms. The lowest BCUT2D eigenvalue weighted by Crippen LogP contribution is -2.36. The van der Waals surface area contributed by atoms with Crippen molar-refractivity contribution < 1.29 is 18.7 Å². The van der Waals surface area contributed by atoms with Gasteiger partial charge in [-0.2, -0.15) is 0 Å². The summed E-state index contributed by atoms with van der Waals surface area (Å²) in [6.07, 6.45) is 3.83. The molecule has 0 radical (unpaired) electrons. The largest absolute Gasteiger partial charge is 0.480 e. The zero-order chi connectivity index (χ0) is 13.1. The van der Waals surface area contributed by atoms with Gasteiger partial charge in [0.15, 0.2) is 0 Å². The van der Waals surface area contributed by atoms with E-state index in [2.05, 4.69) is 5.32 Å². The molecule has 0 saturated heterocycles. The Hall–Kier alpha value is -1.49. The number of hydrogen-bond donors (Lipinski definition) is 2. The molecule has 98 valence electrons. The Morgan fingerprint density at radius 2 is 2.00 bits per heavy atom. The number of carboxylic acid groups (broad SMARTS) is 1. The van der Waals surface area contributed by atoms with Gasteiger partial charge in [0, 0.05) is 11.6 Å². The van der Waals surface area contributed by atoms with E-state index in [-0.39, 0.29) is 11.6 Å². The van der Waals surface area contributed by atoms with Crippen molar-refractivity contribution in [3.8, 4) is 0 Å². The molecule has 1 atom stereocenters. The SMILES string of the molecule is O=C(O)C(NC1CCCC1)c1cc(F)ccc1F. The van der Waals surface area contributed by atoms with Gasteiger partial charge in [-0.25, -0.2) is 8.78 Å². The van der Waals surface area contributed by atoms with Crippen LogP contribution in [0.15, 0.2) is 18.2 Å². The molecule has 0 heterocycles. The lowest BCUT2D eigenvalue weighted by molar-refractivity contribution is -0.140. The fourth-order valence-electron chi connectivity index (χ4n) is 2.36. The van der Waals surface area contributed by atoms with Gasteiger partial charge in [0.1, 0.15) is 17.7 Å². The summed E-state index contributed by atoms with van der Waals surface area (Å²) in [5.41, 5.74) is -0.144. The third kappa shape index (κ3) is 2.85. The molecule has 0 aliphatic heterocycles. The number of carbonyl (C=O) groups is 1. The number of benzene rings is 1. The highest BCUT2D eigenvalue weighted by atomic mass is 19.1. The molecule has 1 aromatic carbocycles. The van der Waals surface area contributed by atoms with Gasteiger partial charge < -0.3 is 5.11 Å². The first-order valence-corrected chi connectivity index (χ1v) is 6.01. The molecule has 1 aromatic rings. The van der Waals surface area contributed by atoms with Crippen molar-refractivity contribution in [1.29, 1.82) is 0 Å². The minimum atomic E-state index is -1.19. The van der Waals surface area contributed by atoms with Crippen molar-refractivity contribution in [1.82, 2.24) is 5.32 Å². The Morgan fingerprint density at radius 1 is 1.33 bits per heavy atom. The highest BCUT2D eigenvalue weighted by molar-refractivity contribution is 5.75. The minimum absolute atomic E-state index is 0.0637. The summed E-state index contributed by atoms with van der Waals surface area (Å²) in [6.45, 7) is 0. The topological polar surface area (TPSA) is 49.3 Å². The van der Waals surface area contributed by atoms with E-state index in [1.165, 1.54) is 0 Å². The Balaban J connectivity index is 2.23. The van der Waals surface area contributed by atoms with Crippen LogP contribution in [-0.4, -0.2) is 17.1 Å². The molecular weight excluding hydrogens is 240 g/mol. The van der Waals surface area contributed by atoms with Crippen molar-refractivity contribution >= 4 is 5.97 Å². The average molecular weight is 255 g/mol. The molecule has 5 heteroatoms. The molecule has 0 amide bonds. The monoisotopic (exact) mass is 255 g/mol. The second-order valence-electron chi connectivity index (χ2n) is 4.59. The third-order valence-electron chi connectivity index (χ3n) is 3.27. The molecule has 2 rings (SSSR count). The van der Waals surface area contributed by atoms with E-state index >= 15 is 0 Å². The minimum Gasteiger partial charge on any atom is -0.480 e. The van der Waals surface area contributed by atoms with Gasteiger partial charge in [-0.1, -0.05) is 12.8 Å². The van der Waals surface area contributed by atoms with Crippen LogP contribution in [0.3, 0.4) is 0 Å². The lowest BCUT2D eigenvalue weighted by Gasteiger charge is -2.20. The lowest BCUT2D eigenvalue weighted by atomic mass is 10.0. The molecule has 0 spiro atoms. The van der Waals surface area contributed by atoms with Crippen molar-refractivity contribution in [2.45, 2.75) is 37.8 Å². The summed E-state index contributed by atoms with van der Waals surface area (Å²) in [7, 11) is 0. The standard InChI is InChI=1S/C13H15F2NO2/c14-8-5-6-11(15)10(7-8)12(13(17)18)16-9-3-1-2-4-9/h5-7,9,12,16H,1-4H2,(H,17,18). The van der Waals surface area contributed by atoms with Crippen molar-refractivity contribution in [2.75, 3.05) is 0 Å². The summed E-state index contributed by atoms with van der Waals surface area (Å²) >= 11 is 0. The van der Waals surface area contributed by atoms with Gasteiger partial charge in [-0.15, -0.1) is 0 Å². The summed E-state index contributed by atoms with van der Waals surface area (Å²) in [5.74, 6) is -2.52. The molecule has 1 saturated carbocycles. The maximum atomic E-state index is 13.6. The fourth-order valence-corrected chi connectivity index (χ4v) is 2.36. The Labute approximate surface area is 104 Å². The van der Waals surface area contributed by atoms with Gasteiger partial charge in [-0.05, 0) is 31.0 Å². The predicted octanol–water partition coefficient (Wildman–Crippen LogP) is 2.62. The van der Waals surface area contributed by atoms with Gasteiger partial charge >= 0.3 is 5.97 Å². The molecule has 1 aliphatic carbocycles. The maximum absolute atomic E-state index is 13.6. The van der Waals surface area contributed by atoms with Crippen LogP contribution >= 0.6 is 0 Å². The molecule has 18 heavy (non-hydrogen) atoms. The Kier molecular flexibility index (Phi) is 3.91. The number of carboxylic acids is 1. The fraction of sp³-hybridized carbons (Fsp3) is 0.462. The van der Waals surface area contributed by atoms with Crippen LogP contribution in [0.5, 0.6) is 0 Å².